The van der Waals surface area contributed by atoms with Crippen LogP contribution in [0, 0.1) is 5.92 Å². The molecule has 3 atom stereocenters. The molecule has 17 heavy (non-hydrogen) atoms. The van der Waals surface area contributed by atoms with Crippen LogP contribution >= 0.6 is 0 Å². The van der Waals surface area contributed by atoms with Gasteiger partial charge in [0.15, 0.2) is 0 Å². The first-order valence-electron chi connectivity index (χ1n) is 7.41. The molecule has 0 spiro atoms. The van der Waals surface area contributed by atoms with Crippen molar-refractivity contribution in [1.82, 2.24) is 4.90 Å². The SMILES string of the molecule is NC1CCCCCC1CN1CCCCC1CO. The highest BCUT2D eigenvalue weighted by Crippen LogP contribution is 2.26. The molecular formula is C14H28N2O. The van der Waals surface area contributed by atoms with Gasteiger partial charge in [0.25, 0.3) is 0 Å². The first-order valence-corrected chi connectivity index (χ1v) is 7.41. The second-order valence-corrected chi connectivity index (χ2v) is 5.89. The monoisotopic (exact) mass is 240 g/mol. The number of nitrogens with two attached hydrogens (primary N) is 1. The number of piperidine rings is 1. The standard InChI is InChI=1S/C14H28N2O/c15-14-8-3-1-2-6-12(14)10-16-9-5-4-7-13(16)11-17/h12-14,17H,1-11,15H2. The molecule has 0 bridgehead atoms. The highest BCUT2D eigenvalue weighted by Gasteiger charge is 2.27. The first-order chi connectivity index (χ1) is 8.31. The van der Waals surface area contributed by atoms with Crippen molar-refractivity contribution in [1.29, 1.82) is 0 Å². The number of aliphatic hydroxyl groups is 1. The van der Waals surface area contributed by atoms with Gasteiger partial charge in [0, 0.05) is 18.6 Å². The fourth-order valence-electron chi connectivity index (χ4n) is 3.45. The van der Waals surface area contributed by atoms with Crippen LogP contribution in [0.4, 0.5) is 0 Å². The largest absolute Gasteiger partial charge is 0.395 e. The van der Waals surface area contributed by atoms with E-state index in [1.165, 1.54) is 51.4 Å². The number of aliphatic hydroxyl groups excluding tert-OH is 1. The summed E-state index contributed by atoms with van der Waals surface area (Å²) in [7, 11) is 0. The fraction of sp³-hybridized carbons (Fsp3) is 1.00. The van der Waals surface area contributed by atoms with Crippen LogP contribution in [0.25, 0.3) is 0 Å². The van der Waals surface area contributed by atoms with Crippen LogP contribution in [-0.2, 0) is 0 Å². The lowest BCUT2D eigenvalue weighted by Gasteiger charge is -2.38. The molecule has 1 heterocycles. The van der Waals surface area contributed by atoms with Crippen LogP contribution in [0.15, 0.2) is 0 Å². The van der Waals surface area contributed by atoms with Gasteiger partial charge in [0.05, 0.1) is 6.61 Å². The van der Waals surface area contributed by atoms with Gasteiger partial charge in [-0.1, -0.05) is 25.7 Å². The van der Waals surface area contributed by atoms with Gasteiger partial charge in [-0.2, -0.15) is 0 Å². The predicted octanol–water partition coefficient (Wildman–Crippen LogP) is 1.74. The lowest BCUT2D eigenvalue weighted by atomic mass is 9.92. The normalized spacial score (nSPS) is 36.7. The van der Waals surface area contributed by atoms with Crippen LogP contribution in [0.5, 0.6) is 0 Å². The molecule has 2 fully saturated rings. The second kappa shape index (κ2) is 6.72. The average Bonchev–Trinajstić information content (AvgIpc) is 2.56. The number of rotatable bonds is 3. The molecule has 0 aromatic heterocycles. The zero-order valence-electron chi connectivity index (χ0n) is 11.0. The Morgan fingerprint density at radius 1 is 1.00 bits per heavy atom. The number of nitrogens with zero attached hydrogens (tertiary/aromatic N) is 1. The quantitative estimate of drug-likeness (QED) is 0.739. The van der Waals surface area contributed by atoms with E-state index in [2.05, 4.69) is 4.90 Å². The summed E-state index contributed by atoms with van der Waals surface area (Å²) in [5, 5.41) is 9.44. The van der Waals surface area contributed by atoms with Crippen LogP contribution < -0.4 is 5.73 Å². The van der Waals surface area contributed by atoms with Crippen molar-refractivity contribution in [2.75, 3.05) is 19.7 Å². The summed E-state index contributed by atoms with van der Waals surface area (Å²) in [6.07, 6.45) is 10.2. The van der Waals surface area contributed by atoms with E-state index < -0.39 is 0 Å². The van der Waals surface area contributed by atoms with Crippen molar-refractivity contribution >= 4 is 0 Å². The maximum absolute atomic E-state index is 9.44. The Morgan fingerprint density at radius 3 is 2.59 bits per heavy atom. The van der Waals surface area contributed by atoms with E-state index in [1.807, 2.05) is 0 Å². The third-order valence-corrected chi connectivity index (χ3v) is 4.65. The van der Waals surface area contributed by atoms with E-state index in [1.54, 1.807) is 0 Å². The van der Waals surface area contributed by atoms with Crippen molar-refractivity contribution in [3.8, 4) is 0 Å². The van der Waals surface area contributed by atoms with Gasteiger partial charge in [0.1, 0.15) is 0 Å². The molecule has 0 amide bonds. The molecule has 3 nitrogen and oxygen atoms in total. The van der Waals surface area contributed by atoms with Crippen LogP contribution in [0.2, 0.25) is 0 Å². The summed E-state index contributed by atoms with van der Waals surface area (Å²) >= 11 is 0. The first kappa shape index (κ1) is 13.3. The minimum atomic E-state index is 0.321. The highest BCUT2D eigenvalue weighted by molar-refractivity contribution is 4.83. The molecule has 1 saturated heterocycles. The van der Waals surface area contributed by atoms with Crippen LogP contribution in [0.1, 0.15) is 51.4 Å². The molecule has 2 rings (SSSR count). The van der Waals surface area contributed by atoms with E-state index in [4.69, 9.17) is 5.73 Å². The molecule has 1 saturated carbocycles. The molecule has 3 heteroatoms. The molecular weight excluding hydrogens is 212 g/mol. The van der Waals surface area contributed by atoms with Gasteiger partial charge < -0.3 is 10.8 Å². The Labute approximate surface area is 105 Å². The molecule has 3 unspecified atom stereocenters. The summed E-state index contributed by atoms with van der Waals surface area (Å²) in [5.41, 5.74) is 6.29. The summed E-state index contributed by atoms with van der Waals surface area (Å²) in [4.78, 5) is 2.50. The second-order valence-electron chi connectivity index (χ2n) is 5.89. The van der Waals surface area contributed by atoms with Crippen molar-refractivity contribution in [3.05, 3.63) is 0 Å². The number of hydrogen-bond donors (Lipinski definition) is 2. The maximum atomic E-state index is 9.44. The highest BCUT2D eigenvalue weighted by atomic mass is 16.3. The number of likely N-dealkylation sites (tertiary alicyclic amines) is 1. The van der Waals surface area contributed by atoms with E-state index >= 15 is 0 Å². The summed E-state index contributed by atoms with van der Waals surface area (Å²) in [6, 6.07) is 0.790. The van der Waals surface area contributed by atoms with E-state index in [9.17, 15) is 5.11 Å². The van der Waals surface area contributed by atoms with Crippen molar-refractivity contribution < 1.29 is 5.11 Å². The van der Waals surface area contributed by atoms with Gasteiger partial charge in [-0.3, -0.25) is 4.90 Å². The fourth-order valence-corrected chi connectivity index (χ4v) is 3.45. The summed E-state index contributed by atoms with van der Waals surface area (Å²) in [6.45, 7) is 2.60. The molecule has 1 aliphatic carbocycles. The number of hydrogen-bond acceptors (Lipinski definition) is 3. The summed E-state index contributed by atoms with van der Waals surface area (Å²) < 4.78 is 0. The predicted molar refractivity (Wildman–Crippen MR) is 70.8 cm³/mol. The lowest BCUT2D eigenvalue weighted by Crippen LogP contribution is -2.47. The molecule has 2 aliphatic rings. The minimum absolute atomic E-state index is 0.321. The molecule has 0 radical (unpaired) electrons. The third-order valence-electron chi connectivity index (χ3n) is 4.65. The Hall–Kier alpha value is -0.120. The molecule has 100 valence electrons. The van der Waals surface area contributed by atoms with E-state index in [0.717, 1.165) is 13.1 Å². The molecule has 3 N–H and O–H groups in total. The maximum Gasteiger partial charge on any atom is 0.0586 e. The molecule has 1 aliphatic heterocycles. The van der Waals surface area contributed by atoms with E-state index in [0.29, 0.717) is 24.6 Å². The van der Waals surface area contributed by atoms with Crippen LogP contribution in [-0.4, -0.2) is 41.8 Å². The minimum Gasteiger partial charge on any atom is -0.395 e. The molecule has 0 aromatic carbocycles. The van der Waals surface area contributed by atoms with Gasteiger partial charge in [-0.05, 0) is 38.1 Å². The topological polar surface area (TPSA) is 49.5 Å². The average molecular weight is 240 g/mol. The van der Waals surface area contributed by atoms with Gasteiger partial charge in [0.2, 0.25) is 0 Å². The Balaban J connectivity index is 1.88. The van der Waals surface area contributed by atoms with Gasteiger partial charge in [-0.25, -0.2) is 0 Å². The van der Waals surface area contributed by atoms with Gasteiger partial charge >= 0.3 is 0 Å². The van der Waals surface area contributed by atoms with Crippen molar-refractivity contribution in [3.63, 3.8) is 0 Å². The van der Waals surface area contributed by atoms with Crippen molar-refractivity contribution in [2.24, 2.45) is 11.7 Å². The lowest BCUT2D eigenvalue weighted by molar-refractivity contribution is 0.0706. The summed E-state index contributed by atoms with van der Waals surface area (Å²) in [5.74, 6) is 0.657. The Bertz CT molecular complexity index is 222. The van der Waals surface area contributed by atoms with Crippen LogP contribution in [0.3, 0.4) is 0 Å². The van der Waals surface area contributed by atoms with Crippen molar-refractivity contribution in [2.45, 2.75) is 63.5 Å². The Morgan fingerprint density at radius 2 is 1.76 bits per heavy atom. The molecule has 0 aromatic rings. The zero-order chi connectivity index (χ0) is 12.1. The smallest absolute Gasteiger partial charge is 0.0586 e. The Kier molecular flexibility index (Phi) is 5.26. The van der Waals surface area contributed by atoms with Gasteiger partial charge in [-0.15, -0.1) is 0 Å². The zero-order valence-corrected chi connectivity index (χ0v) is 11.0. The third kappa shape index (κ3) is 3.67. The van der Waals surface area contributed by atoms with E-state index in [-0.39, 0.29) is 0 Å².